The Morgan fingerprint density at radius 1 is 1.00 bits per heavy atom. The fourth-order valence-corrected chi connectivity index (χ4v) is 4.97. The van der Waals surface area contributed by atoms with E-state index in [1.807, 2.05) is 13.8 Å². The van der Waals surface area contributed by atoms with Crippen molar-refractivity contribution < 1.29 is 17.9 Å². The Bertz CT molecular complexity index is 1210. The van der Waals surface area contributed by atoms with Gasteiger partial charge in [-0.1, -0.05) is 47.0 Å². The van der Waals surface area contributed by atoms with Crippen LogP contribution >= 0.6 is 23.2 Å². The molecule has 0 bridgehead atoms. The van der Waals surface area contributed by atoms with Crippen LogP contribution in [0.3, 0.4) is 0 Å². The average molecular weight is 507 g/mol. The van der Waals surface area contributed by atoms with Gasteiger partial charge in [0.15, 0.2) is 0 Å². The highest BCUT2D eigenvalue weighted by Gasteiger charge is 2.27. The third-order valence-corrected chi connectivity index (χ3v) is 7.20. The van der Waals surface area contributed by atoms with Crippen molar-refractivity contribution in [2.24, 2.45) is 0 Å². The molecule has 0 heterocycles. The summed E-state index contributed by atoms with van der Waals surface area (Å²) in [5.74, 6) is 0.126. The van der Waals surface area contributed by atoms with Crippen molar-refractivity contribution in [2.75, 3.05) is 17.5 Å². The van der Waals surface area contributed by atoms with Gasteiger partial charge in [0, 0.05) is 16.6 Å². The summed E-state index contributed by atoms with van der Waals surface area (Å²) in [6.45, 7) is 3.95. The van der Waals surface area contributed by atoms with E-state index in [0.29, 0.717) is 33.7 Å². The van der Waals surface area contributed by atoms with Gasteiger partial charge >= 0.3 is 0 Å². The van der Waals surface area contributed by atoms with Gasteiger partial charge < -0.3 is 10.1 Å². The van der Waals surface area contributed by atoms with Gasteiger partial charge in [-0.3, -0.25) is 9.10 Å². The maximum Gasteiger partial charge on any atom is 0.264 e. The molecule has 33 heavy (non-hydrogen) atoms. The Labute approximate surface area is 204 Å². The van der Waals surface area contributed by atoms with E-state index in [4.69, 9.17) is 27.9 Å². The van der Waals surface area contributed by atoms with Crippen molar-refractivity contribution in [3.63, 3.8) is 0 Å². The molecule has 0 aromatic heterocycles. The summed E-state index contributed by atoms with van der Waals surface area (Å²) in [6.07, 6.45) is 0. The molecule has 0 unspecified atom stereocenters. The van der Waals surface area contributed by atoms with Gasteiger partial charge in [-0.05, 0) is 67.9 Å². The molecule has 0 aliphatic carbocycles. The first-order chi connectivity index (χ1) is 15.7. The summed E-state index contributed by atoms with van der Waals surface area (Å²) in [7, 11) is -4.00. The van der Waals surface area contributed by atoms with Crippen molar-refractivity contribution in [3.05, 3.63) is 87.9 Å². The molecule has 0 spiro atoms. The number of sulfonamides is 1. The van der Waals surface area contributed by atoms with Crippen LogP contribution in [0.1, 0.15) is 18.1 Å². The lowest BCUT2D eigenvalue weighted by atomic mass is 10.2. The van der Waals surface area contributed by atoms with E-state index in [9.17, 15) is 13.2 Å². The maximum atomic E-state index is 13.4. The predicted octanol–water partition coefficient (Wildman–Crippen LogP) is 5.21. The van der Waals surface area contributed by atoms with Crippen LogP contribution in [0.5, 0.6) is 5.75 Å². The first-order valence-electron chi connectivity index (χ1n) is 10.2. The number of nitrogens with one attached hydrogen (secondary N) is 1. The van der Waals surface area contributed by atoms with Gasteiger partial charge in [-0.15, -0.1) is 0 Å². The first kappa shape index (κ1) is 24.9. The van der Waals surface area contributed by atoms with Crippen LogP contribution in [0, 0.1) is 6.92 Å². The van der Waals surface area contributed by atoms with Crippen molar-refractivity contribution in [1.29, 1.82) is 0 Å². The number of nitrogens with zero attached hydrogens (tertiary/aromatic N) is 1. The third-order valence-electron chi connectivity index (χ3n) is 4.82. The van der Waals surface area contributed by atoms with Crippen LogP contribution in [0.25, 0.3) is 0 Å². The lowest BCUT2D eigenvalue weighted by Gasteiger charge is -2.24. The lowest BCUT2D eigenvalue weighted by molar-refractivity contribution is -0.119. The van der Waals surface area contributed by atoms with Crippen molar-refractivity contribution in [2.45, 2.75) is 25.3 Å². The van der Waals surface area contributed by atoms with E-state index in [1.54, 1.807) is 54.6 Å². The molecule has 1 N–H and O–H groups in total. The van der Waals surface area contributed by atoms with Crippen LogP contribution in [0.2, 0.25) is 10.0 Å². The van der Waals surface area contributed by atoms with E-state index < -0.39 is 22.5 Å². The number of carbonyl (C=O) groups excluding carboxylic acids is 1. The molecule has 0 aliphatic heterocycles. The molecule has 0 radical (unpaired) electrons. The molecule has 174 valence electrons. The number of hydrogen-bond donors (Lipinski definition) is 1. The van der Waals surface area contributed by atoms with Crippen LogP contribution in [0.15, 0.2) is 71.6 Å². The van der Waals surface area contributed by atoms with Crippen LogP contribution in [-0.2, 0) is 21.4 Å². The molecule has 3 aromatic carbocycles. The number of amides is 1. The van der Waals surface area contributed by atoms with Gasteiger partial charge in [0.2, 0.25) is 5.91 Å². The second kappa shape index (κ2) is 10.9. The zero-order valence-electron chi connectivity index (χ0n) is 18.2. The zero-order chi connectivity index (χ0) is 24.0. The van der Waals surface area contributed by atoms with Gasteiger partial charge in [-0.25, -0.2) is 8.42 Å². The number of aryl methyl sites for hydroxylation is 1. The molecule has 0 saturated carbocycles. The summed E-state index contributed by atoms with van der Waals surface area (Å²) in [5.41, 5.74) is 1.95. The highest BCUT2D eigenvalue weighted by Crippen LogP contribution is 2.26. The Balaban J connectivity index is 1.86. The van der Waals surface area contributed by atoms with E-state index in [2.05, 4.69) is 5.32 Å². The third kappa shape index (κ3) is 6.41. The molecule has 6 nitrogen and oxygen atoms in total. The second-order valence-corrected chi connectivity index (χ2v) is 9.97. The molecule has 3 rings (SSSR count). The summed E-state index contributed by atoms with van der Waals surface area (Å²) >= 11 is 12.1. The SMILES string of the molecule is CCOc1ccc(N(CC(=O)NCc2ccc(Cl)cc2Cl)S(=O)(=O)c2ccc(C)cc2)cc1. The number of benzene rings is 3. The van der Waals surface area contributed by atoms with E-state index in [0.717, 1.165) is 9.87 Å². The summed E-state index contributed by atoms with van der Waals surface area (Å²) < 4.78 is 33.4. The highest BCUT2D eigenvalue weighted by molar-refractivity contribution is 7.92. The van der Waals surface area contributed by atoms with Gasteiger partial charge in [-0.2, -0.15) is 0 Å². The Morgan fingerprint density at radius 3 is 2.27 bits per heavy atom. The number of anilines is 1. The Kier molecular flexibility index (Phi) is 8.24. The number of carbonyl (C=O) groups is 1. The lowest BCUT2D eigenvalue weighted by Crippen LogP contribution is -2.40. The first-order valence-corrected chi connectivity index (χ1v) is 12.4. The van der Waals surface area contributed by atoms with Crippen molar-refractivity contribution >= 4 is 44.8 Å². The van der Waals surface area contributed by atoms with Crippen molar-refractivity contribution in [3.8, 4) is 5.75 Å². The monoisotopic (exact) mass is 506 g/mol. The number of halogens is 2. The number of ether oxygens (including phenoxy) is 1. The second-order valence-electron chi connectivity index (χ2n) is 7.26. The quantitative estimate of drug-likeness (QED) is 0.432. The molecule has 0 aliphatic rings. The van der Waals surface area contributed by atoms with Crippen LogP contribution < -0.4 is 14.4 Å². The van der Waals surface area contributed by atoms with Gasteiger partial charge in [0.1, 0.15) is 12.3 Å². The standard InChI is InChI=1S/C24H24Cl2N2O4S/c1-3-32-21-10-8-20(9-11-21)28(33(30,31)22-12-4-17(2)5-13-22)16-24(29)27-15-18-6-7-19(25)14-23(18)26/h4-14H,3,15-16H2,1-2H3,(H,27,29). The fourth-order valence-electron chi connectivity index (χ4n) is 3.07. The van der Waals surface area contributed by atoms with E-state index >= 15 is 0 Å². The summed E-state index contributed by atoms with van der Waals surface area (Å²) in [6, 6.07) is 18.0. The molecular weight excluding hydrogens is 483 g/mol. The van der Waals surface area contributed by atoms with Crippen LogP contribution in [-0.4, -0.2) is 27.5 Å². The molecular formula is C24H24Cl2N2O4S. The minimum atomic E-state index is -4.00. The summed E-state index contributed by atoms with van der Waals surface area (Å²) in [4.78, 5) is 12.9. The van der Waals surface area contributed by atoms with Crippen molar-refractivity contribution in [1.82, 2.24) is 5.32 Å². The normalized spacial score (nSPS) is 11.2. The van der Waals surface area contributed by atoms with E-state index in [-0.39, 0.29) is 11.4 Å². The van der Waals surface area contributed by atoms with E-state index in [1.165, 1.54) is 12.1 Å². The molecule has 0 fully saturated rings. The summed E-state index contributed by atoms with van der Waals surface area (Å²) in [5, 5.41) is 3.63. The molecule has 9 heteroatoms. The average Bonchev–Trinajstić information content (AvgIpc) is 2.78. The molecule has 3 aromatic rings. The maximum absolute atomic E-state index is 13.4. The number of hydrogen-bond acceptors (Lipinski definition) is 4. The topological polar surface area (TPSA) is 75.7 Å². The smallest absolute Gasteiger partial charge is 0.264 e. The molecule has 0 atom stereocenters. The molecule has 0 saturated heterocycles. The predicted molar refractivity (Wildman–Crippen MR) is 132 cm³/mol. The largest absolute Gasteiger partial charge is 0.494 e. The zero-order valence-corrected chi connectivity index (χ0v) is 20.5. The minimum Gasteiger partial charge on any atom is -0.494 e. The number of rotatable bonds is 9. The Morgan fingerprint density at radius 2 is 1.67 bits per heavy atom. The minimum absolute atomic E-state index is 0.0931. The highest BCUT2D eigenvalue weighted by atomic mass is 35.5. The fraction of sp³-hybridized carbons (Fsp3) is 0.208. The van der Waals surface area contributed by atoms with Gasteiger partial charge in [0.25, 0.3) is 10.0 Å². The Hall–Kier alpha value is -2.74. The van der Waals surface area contributed by atoms with Crippen LogP contribution in [0.4, 0.5) is 5.69 Å². The van der Waals surface area contributed by atoms with Gasteiger partial charge in [0.05, 0.1) is 17.2 Å². The molecule has 1 amide bonds.